The summed E-state index contributed by atoms with van der Waals surface area (Å²) in [5.74, 6) is 0.791. The minimum Gasteiger partial charge on any atom is -0.316 e. The summed E-state index contributed by atoms with van der Waals surface area (Å²) in [5, 5.41) is 8.60. The van der Waals surface area contributed by atoms with Gasteiger partial charge in [-0.05, 0) is 44.7 Å². The van der Waals surface area contributed by atoms with Crippen LogP contribution in [0, 0.1) is 5.92 Å². The van der Waals surface area contributed by atoms with Crippen LogP contribution in [0.5, 0.6) is 0 Å². The molecule has 1 aromatic heterocycles. The summed E-state index contributed by atoms with van der Waals surface area (Å²) >= 11 is 6.23. The van der Waals surface area contributed by atoms with Crippen molar-refractivity contribution in [2.24, 2.45) is 5.92 Å². The maximum Gasteiger partial charge on any atom is 0.130 e. The van der Waals surface area contributed by atoms with Gasteiger partial charge in [0, 0.05) is 12.1 Å². The van der Waals surface area contributed by atoms with Gasteiger partial charge in [0.2, 0.25) is 0 Å². The predicted molar refractivity (Wildman–Crippen MR) is 66.8 cm³/mol. The highest BCUT2D eigenvalue weighted by Gasteiger charge is 2.14. The third kappa shape index (κ3) is 2.77. The average molecular weight is 242 g/mol. The number of aryl methyl sites for hydroxylation is 2. The number of nitrogens with zero attached hydrogens (tertiary/aromatic N) is 2. The molecule has 3 nitrogen and oxygen atoms in total. The second kappa shape index (κ2) is 5.69. The summed E-state index contributed by atoms with van der Waals surface area (Å²) in [6.45, 7) is 5.39. The molecule has 1 N–H and O–H groups in total. The van der Waals surface area contributed by atoms with Gasteiger partial charge in [-0.2, -0.15) is 5.10 Å². The van der Waals surface area contributed by atoms with Crippen molar-refractivity contribution in [2.75, 3.05) is 13.1 Å². The van der Waals surface area contributed by atoms with Crippen LogP contribution in [0.4, 0.5) is 0 Å². The van der Waals surface area contributed by atoms with Gasteiger partial charge in [0.1, 0.15) is 5.15 Å². The van der Waals surface area contributed by atoms with Crippen molar-refractivity contribution >= 4 is 11.6 Å². The highest BCUT2D eigenvalue weighted by Crippen LogP contribution is 2.19. The smallest absolute Gasteiger partial charge is 0.130 e. The highest BCUT2D eigenvalue weighted by atomic mass is 35.5. The molecular formula is C12H20ClN3. The van der Waals surface area contributed by atoms with Crippen molar-refractivity contribution in [3.05, 3.63) is 16.9 Å². The molecule has 0 aromatic carbocycles. The van der Waals surface area contributed by atoms with Gasteiger partial charge in [-0.25, -0.2) is 0 Å². The van der Waals surface area contributed by atoms with Crippen molar-refractivity contribution in [1.82, 2.24) is 15.1 Å². The van der Waals surface area contributed by atoms with Crippen LogP contribution < -0.4 is 5.32 Å². The zero-order valence-corrected chi connectivity index (χ0v) is 10.6. The van der Waals surface area contributed by atoms with E-state index in [1.807, 2.05) is 10.9 Å². The summed E-state index contributed by atoms with van der Waals surface area (Å²) in [6, 6.07) is 0. The summed E-state index contributed by atoms with van der Waals surface area (Å²) in [6.07, 6.45) is 6.67. The number of halogens is 1. The Morgan fingerprint density at radius 3 is 3.12 bits per heavy atom. The van der Waals surface area contributed by atoms with Crippen LogP contribution in [0.1, 0.15) is 31.7 Å². The topological polar surface area (TPSA) is 29.9 Å². The number of hydrogen-bond donors (Lipinski definition) is 1. The summed E-state index contributed by atoms with van der Waals surface area (Å²) in [4.78, 5) is 0. The molecule has 16 heavy (non-hydrogen) atoms. The Balaban J connectivity index is 1.86. The fourth-order valence-corrected chi connectivity index (χ4v) is 2.59. The second-order valence-corrected chi connectivity index (χ2v) is 4.90. The van der Waals surface area contributed by atoms with Crippen LogP contribution in [0.2, 0.25) is 5.15 Å². The largest absolute Gasteiger partial charge is 0.316 e. The number of aromatic nitrogens is 2. The van der Waals surface area contributed by atoms with Gasteiger partial charge in [0.15, 0.2) is 0 Å². The normalized spacial score (nSPS) is 21.2. The third-order valence-corrected chi connectivity index (χ3v) is 3.81. The van der Waals surface area contributed by atoms with Gasteiger partial charge >= 0.3 is 0 Å². The molecule has 1 saturated heterocycles. The Morgan fingerprint density at radius 2 is 2.50 bits per heavy atom. The van der Waals surface area contributed by atoms with Gasteiger partial charge in [-0.1, -0.05) is 18.5 Å². The first kappa shape index (κ1) is 11.9. The zero-order chi connectivity index (χ0) is 11.4. The van der Waals surface area contributed by atoms with Crippen molar-refractivity contribution in [3.8, 4) is 0 Å². The molecular weight excluding hydrogens is 222 g/mol. The van der Waals surface area contributed by atoms with Crippen LogP contribution in [-0.2, 0) is 13.0 Å². The van der Waals surface area contributed by atoms with E-state index < -0.39 is 0 Å². The molecule has 90 valence electrons. The van der Waals surface area contributed by atoms with Crippen molar-refractivity contribution < 1.29 is 0 Å². The van der Waals surface area contributed by atoms with E-state index in [-0.39, 0.29) is 0 Å². The van der Waals surface area contributed by atoms with Crippen LogP contribution in [-0.4, -0.2) is 22.9 Å². The molecule has 2 rings (SSSR count). The Labute approximate surface area is 102 Å². The molecule has 0 aliphatic carbocycles. The second-order valence-electron chi connectivity index (χ2n) is 4.54. The van der Waals surface area contributed by atoms with E-state index in [0.717, 1.165) is 36.1 Å². The molecule has 1 aliphatic heterocycles. The molecule has 1 atom stereocenters. The number of nitrogens with one attached hydrogen (secondary N) is 1. The maximum atomic E-state index is 6.23. The standard InChI is InChI=1S/C12H20ClN3/c1-2-11-9-15-16(12(11)13)7-5-10-4-3-6-14-8-10/h9-10,14H,2-8H2,1H3. The molecule has 1 unspecified atom stereocenters. The molecule has 1 aliphatic rings. The quantitative estimate of drug-likeness (QED) is 0.878. The van der Waals surface area contributed by atoms with Crippen molar-refractivity contribution in [1.29, 1.82) is 0 Å². The van der Waals surface area contributed by atoms with Crippen LogP contribution in [0.25, 0.3) is 0 Å². The lowest BCUT2D eigenvalue weighted by Gasteiger charge is -2.22. The van der Waals surface area contributed by atoms with E-state index in [0.29, 0.717) is 0 Å². The Bertz CT molecular complexity index is 329. The lowest BCUT2D eigenvalue weighted by molar-refractivity contribution is 0.336. The van der Waals surface area contributed by atoms with Crippen LogP contribution in [0.15, 0.2) is 6.20 Å². The molecule has 4 heteroatoms. The molecule has 0 radical (unpaired) electrons. The number of rotatable bonds is 4. The van der Waals surface area contributed by atoms with E-state index in [4.69, 9.17) is 11.6 Å². The zero-order valence-electron chi connectivity index (χ0n) is 9.88. The van der Waals surface area contributed by atoms with Gasteiger partial charge in [0.25, 0.3) is 0 Å². The third-order valence-electron chi connectivity index (χ3n) is 3.37. The minimum atomic E-state index is 0.791. The molecule has 1 fully saturated rings. The van der Waals surface area contributed by atoms with Gasteiger partial charge < -0.3 is 5.32 Å². The lowest BCUT2D eigenvalue weighted by atomic mass is 9.96. The van der Waals surface area contributed by atoms with E-state index in [9.17, 15) is 0 Å². The van der Waals surface area contributed by atoms with Gasteiger partial charge in [0.05, 0.1) is 6.20 Å². The fraction of sp³-hybridized carbons (Fsp3) is 0.750. The van der Waals surface area contributed by atoms with Crippen LogP contribution in [0.3, 0.4) is 0 Å². The van der Waals surface area contributed by atoms with E-state index in [1.165, 1.54) is 25.8 Å². The summed E-state index contributed by atoms with van der Waals surface area (Å²) < 4.78 is 1.94. The molecule has 0 saturated carbocycles. The fourth-order valence-electron chi connectivity index (χ4n) is 2.28. The number of piperidine rings is 1. The van der Waals surface area contributed by atoms with E-state index in [2.05, 4.69) is 17.3 Å². The summed E-state index contributed by atoms with van der Waals surface area (Å²) in [5.41, 5.74) is 1.16. The number of hydrogen-bond acceptors (Lipinski definition) is 2. The average Bonchev–Trinajstić information content (AvgIpc) is 2.69. The lowest BCUT2D eigenvalue weighted by Crippen LogP contribution is -2.30. The monoisotopic (exact) mass is 241 g/mol. The Morgan fingerprint density at radius 1 is 1.62 bits per heavy atom. The van der Waals surface area contributed by atoms with Crippen molar-refractivity contribution in [2.45, 2.75) is 39.2 Å². The van der Waals surface area contributed by atoms with Crippen molar-refractivity contribution in [3.63, 3.8) is 0 Å². The molecule has 0 amide bonds. The molecule has 2 heterocycles. The van der Waals surface area contributed by atoms with Gasteiger partial charge in [-0.3, -0.25) is 4.68 Å². The predicted octanol–water partition coefficient (Wildman–Crippen LogP) is 2.49. The summed E-state index contributed by atoms with van der Waals surface area (Å²) in [7, 11) is 0. The molecule has 0 spiro atoms. The minimum absolute atomic E-state index is 0.791. The Hall–Kier alpha value is -0.540. The van der Waals surface area contributed by atoms with E-state index >= 15 is 0 Å². The molecule has 0 bridgehead atoms. The first-order valence-corrected chi connectivity index (χ1v) is 6.60. The van der Waals surface area contributed by atoms with Gasteiger partial charge in [-0.15, -0.1) is 0 Å². The maximum absolute atomic E-state index is 6.23. The Kier molecular flexibility index (Phi) is 4.24. The first-order chi connectivity index (χ1) is 7.81. The van der Waals surface area contributed by atoms with E-state index in [1.54, 1.807) is 0 Å². The SMILES string of the molecule is CCc1cnn(CCC2CCCNC2)c1Cl. The molecule has 1 aromatic rings. The highest BCUT2D eigenvalue weighted by molar-refractivity contribution is 6.30. The van der Waals surface area contributed by atoms with Crippen LogP contribution >= 0.6 is 11.6 Å². The first-order valence-electron chi connectivity index (χ1n) is 6.22.